The van der Waals surface area contributed by atoms with E-state index in [1.165, 1.54) is 12.1 Å². The maximum absolute atomic E-state index is 9.16. The third-order valence-corrected chi connectivity index (χ3v) is 5.22. The van der Waals surface area contributed by atoms with Crippen LogP contribution in [0.5, 0.6) is 0 Å². The summed E-state index contributed by atoms with van der Waals surface area (Å²) in [7, 11) is 1.72. The summed E-state index contributed by atoms with van der Waals surface area (Å²) in [6.45, 7) is 13.9. The maximum atomic E-state index is 9.16. The van der Waals surface area contributed by atoms with Gasteiger partial charge in [-0.3, -0.25) is 0 Å². The maximum Gasteiger partial charge on any atom is 0.229 e. The van der Waals surface area contributed by atoms with Crippen molar-refractivity contribution in [2.75, 3.05) is 0 Å². The Bertz CT molecular complexity index is 1630. The zero-order valence-electron chi connectivity index (χ0n) is 25.1. The zero-order chi connectivity index (χ0) is 27.8. The second kappa shape index (κ2) is 6.99. The van der Waals surface area contributed by atoms with E-state index in [1.807, 2.05) is 13.0 Å². The Morgan fingerprint density at radius 3 is 2.53 bits per heavy atom. The van der Waals surface area contributed by atoms with Crippen molar-refractivity contribution in [2.24, 2.45) is 12.5 Å². The quantitative estimate of drug-likeness (QED) is 0.257. The fourth-order valence-corrected chi connectivity index (χ4v) is 3.74. The van der Waals surface area contributed by atoms with E-state index < -0.39 is 18.6 Å². The minimum Gasteiger partial charge on any atom is -0.466 e. The lowest BCUT2D eigenvalue weighted by Crippen LogP contribution is -2.35. The number of aryl methyl sites for hydroxylation is 2. The molecule has 0 amide bonds. The average Bonchev–Trinajstić information content (AvgIpc) is 3.16. The van der Waals surface area contributed by atoms with E-state index in [0.717, 1.165) is 5.56 Å². The first kappa shape index (κ1) is 13.2. The van der Waals surface area contributed by atoms with Gasteiger partial charge < -0.3 is 4.42 Å². The highest BCUT2D eigenvalue weighted by Crippen LogP contribution is 2.41. The first-order valence-corrected chi connectivity index (χ1v) is 9.82. The number of nitrogens with zero attached hydrogens (tertiary/aromatic N) is 2. The Labute approximate surface area is 188 Å². The lowest BCUT2D eigenvalue weighted by atomic mass is 9.87. The molecule has 0 radical (unpaired) electrons. The lowest BCUT2D eigenvalue weighted by Gasteiger charge is -2.18. The third-order valence-electron chi connectivity index (χ3n) is 5.22. The summed E-state index contributed by atoms with van der Waals surface area (Å²) in [4.78, 5) is 3.53. The van der Waals surface area contributed by atoms with E-state index >= 15 is 0 Å². The normalized spacial score (nSPS) is 16.2. The molecule has 4 aromatic rings. The van der Waals surface area contributed by atoms with Crippen molar-refractivity contribution in [2.45, 2.75) is 47.8 Å². The third kappa shape index (κ3) is 3.27. The van der Waals surface area contributed by atoms with Gasteiger partial charge in [0.15, 0.2) is 5.69 Å². The molecule has 4 rings (SSSR count). The molecule has 30 heavy (non-hydrogen) atoms. The summed E-state index contributed by atoms with van der Waals surface area (Å²) >= 11 is 0. The molecule has 0 saturated heterocycles. The summed E-state index contributed by atoms with van der Waals surface area (Å²) < 4.78 is 67.7. The van der Waals surface area contributed by atoms with Crippen molar-refractivity contribution in [1.82, 2.24) is 0 Å². The van der Waals surface area contributed by atoms with Crippen molar-refractivity contribution in [3.05, 3.63) is 70.2 Å². The van der Waals surface area contributed by atoms with Crippen LogP contribution in [0.25, 0.3) is 38.0 Å². The van der Waals surface area contributed by atoms with Gasteiger partial charge in [-0.05, 0) is 42.3 Å². The van der Waals surface area contributed by atoms with Crippen LogP contribution in [0.1, 0.15) is 52.8 Å². The van der Waals surface area contributed by atoms with E-state index in [1.54, 1.807) is 45.4 Å². The van der Waals surface area contributed by atoms with Gasteiger partial charge in [-0.15, -0.1) is 0 Å². The molecule has 3 heteroatoms. The van der Waals surface area contributed by atoms with Crippen molar-refractivity contribution >= 4 is 27.6 Å². The molecule has 0 aliphatic carbocycles. The van der Waals surface area contributed by atoms with Gasteiger partial charge in [0.1, 0.15) is 18.2 Å². The van der Waals surface area contributed by atoms with Crippen LogP contribution in [0, 0.1) is 32.7 Å². The zero-order valence-corrected chi connectivity index (χ0v) is 18.1. The number of fused-ring (bicyclic) bond motifs is 3. The van der Waals surface area contributed by atoms with Gasteiger partial charge in [-0.1, -0.05) is 45.0 Å². The van der Waals surface area contributed by atoms with Gasteiger partial charge in [0, 0.05) is 36.6 Å². The predicted octanol–water partition coefficient (Wildman–Crippen LogP) is 7.14. The van der Waals surface area contributed by atoms with Crippen LogP contribution >= 0.6 is 0 Å². The second-order valence-electron chi connectivity index (χ2n) is 8.68. The molecule has 0 saturated carbocycles. The van der Waals surface area contributed by atoms with Gasteiger partial charge in [-0.25, -0.2) is 4.85 Å². The first-order valence-electron chi connectivity index (χ1n) is 13.3. The molecule has 2 heterocycles. The number of benzene rings is 2. The van der Waals surface area contributed by atoms with Crippen LogP contribution in [-0.4, -0.2) is 0 Å². The number of hydrogen-bond acceptors (Lipinski definition) is 1. The van der Waals surface area contributed by atoms with Crippen LogP contribution in [0.2, 0.25) is 0 Å². The van der Waals surface area contributed by atoms with E-state index in [4.69, 9.17) is 20.6 Å². The first-order chi connectivity index (χ1) is 16.9. The standard InChI is InChI=1S/C27H29N2O/c1-16-10-12-21(28-7)26-23(16)20-11-9-17(2)24(25(20)30-26)22-14-19(15-27(4,5)6)13-18(3)29(22)8/h9-14H,15H2,1-6,8H3/q+1/i1D3,13D,14D,15D2. The molecule has 152 valence electrons. The molecule has 0 aliphatic rings. The fourth-order valence-electron chi connectivity index (χ4n) is 3.74. The number of pyridine rings is 1. The smallest absolute Gasteiger partial charge is 0.229 e. The summed E-state index contributed by atoms with van der Waals surface area (Å²) in [5, 5.41) is 0.831. The summed E-state index contributed by atoms with van der Waals surface area (Å²) in [6, 6.07) is 6.27. The highest BCUT2D eigenvalue weighted by Gasteiger charge is 2.25. The number of furan rings is 1. The van der Waals surface area contributed by atoms with Gasteiger partial charge in [0.2, 0.25) is 11.4 Å². The van der Waals surface area contributed by atoms with Crippen LogP contribution in [-0.2, 0) is 13.4 Å². The number of aromatic nitrogens is 1. The van der Waals surface area contributed by atoms with Crippen molar-refractivity contribution in [3.63, 3.8) is 0 Å². The largest absolute Gasteiger partial charge is 0.466 e. The molecule has 2 aromatic carbocycles. The molecule has 0 spiro atoms. The topological polar surface area (TPSA) is 21.4 Å². The lowest BCUT2D eigenvalue weighted by molar-refractivity contribution is -0.666. The van der Waals surface area contributed by atoms with Gasteiger partial charge in [-0.2, -0.15) is 4.57 Å². The molecule has 0 aliphatic heterocycles. The van der Waals surface area contributed by atoms with Crippen LogP contribution in [0.15, 0.2) is 40.8 Å². The minimum absolute atomic E-state index is 0.0110. The van der Waals surface area contributed by atoms with Gasteiger partial charge in [0.05, 0.1) is 14.9 Å². The van der Waals surface area contributed by atoms with E-state index in [2.05, 4.69) is 4.85 Å². The highest BCUT2D eigenvalue weighted by atomic mass is 16.3. The molecular weight excluding hydrogens is 368 g/mol. The fraction of sp³-hybridized carbons (Fsp3) is 0.333. The predicted molar refractivity (Wildman–Crippen MR) is 124 cm³/mol. The van der Waals surface area contributed by atoms with Crippen LogP contribution in [0.3, 0.4) is 0 Å². The molecule has 3 nitrogen and oxygen atoms in total. The monoisotopic (exact) mass is 404 g/mol. The molecule has 0 unspecified atom stereocenters. The van der Waals surface area contributed by atoms with Crippen molar-refractivity contribution in [1.29, 1.82) is 0 Å². The van der Waals surface area contributed by atoms with Crippen molar-refractivity contribution in [3.8, 4) is 11.3 Å². The van der Waals surface area contributed by atoms with Crippen LogP contribution < -0.4 is 4.57 Å². The van der Waals surface area contributed by atoms with E-state index in [-0.39, 0.29) is 34.5 Å². The number of hydrogen-bond donors (Lipinski definition) is 0. The second-order valence-corrected chi connectivity index (χ2v) is 8.68. The summed E-state index contributed by atoms with van der Waals surface area (Å²) in [6.07, 6.45) is -1.99. The van der Waals surface area contributed by atoms with E-state index in [9.17, 15) is 0 Å². The molecular formula is C27H29N2O+. The van der Waals surface area contributed by atoms with Gasteiger partial charge in [0.25, 0.3) is 0 Å². The Morgan fingerprint density at radius 2 is 1.87 bits per heavy atom. The minimum atomic E-state index is -2.44. The Balaban J connectivity index is 2.25. The molecule has 0 N–H and O–H groups in total. The molecule has 0 bridgehead atoms. The summed E-state index contributed by atoms with van der Waals surface area (Å²) in [5.41, 5.74) is 1.91. The Kier molecular flexibility index (Phi) is 3.08. The highest BCUT2D eigenvalue weighted by molar-refractivity contribution is 6.14. The Morgan fingerprint density at radius 1 is 1.13 bits per heavy atom. The SMILES string of the molecule is [2H]c1c(C([2H])([2H])C(C)(C)C)c([2H])c(-c2c(C)ccc3c2oc2c([N+]#[C-])ccc(C([2H])([2H])[2H])c23)[n+](C)c1C. The van der Waals surface area contributed by atoms with Gasteiger partial charge >= 0.3 is 0 Å². The molecule has 0 fully saturated rings. The summed E-state index contributed by atoms with van der Waals surface area (Å²) in [5.74, 6) is 0. The van der Waals surface area contributed by atoms with Crippen LogP contribution in [0.4, 0.5) is 5.69 Å². The number of rotatable bonds is 2. The molecule has 0 atom stereocenters. The average molecular weight is 405 g/mol. The van der Waals surface area contributed by atoms with Crippen molar-refractivity contribution < 1.29 is 18.6 Å². The van der Waals surface area contributed by atoms with E-state index in [0.29, 0.717) is 33.3 Å². The Hall–Kier alpha value is -3.12. The molecule has 2 aromatic heterocycles.